The van der Waals surface area contributed by atoms with E-state index in [0.29, 0.717) is 42.7 Å². The van der Waals surface area contributed by atoms with Crippen LogP contribution in [-0.4, -0.2) is 43.2 Å². The number of ether oxygens (including phenoxy) is 1. The van der Waals surface area contributed by atoms with Gasteiger partial charge in [0.25, 0.3) is 0 Å². The first-order valence-electron chi connectivity index (χ1n) is 12.9. The van der Waals surface area contributed by atoms with E-state index in [9.17, 15) is 13.6 Å². The molecular formula is C30H31F3N2O2. The van der Waals surface area contributed by atoms with E-state index < -0.39 is 12.0 Å². The van der Waals surface area contributed by atoms with Crippen molar-refractivity contribution in [2.24, 2.45) is 5.92 Å². The fourth-order valence-electron chi connectivity index (χ4n) is 5.77. The van der Waals surface area contributed by atoms with Crippen LogP contribution in [0.2, 0.25) is 0 Å². The molecule has 7 heteroatoms. The van der Waals surface area contributed by atoms with Crippen LogP contribution in [0.15, 0.2) is 72.8 Å². The molecule has 1 saturated carbocycles. The summed E-state index contributed by atoms with van der Waals surface area (Å²) in [6, 6.07) is 18.2. The largest absolute Gasteiger partial charge is 0.379 e. The van der Waals surface area contributed by atoms with Crippen LogP contribution < -0.4 is 5.32 Å². The van der Waals surface area contributed by atoms with E-state index in [-0.39, 0.29) is 35.3 Å². The zero-order valence-corrected chi connectivity index (χ0v) is 20.6. The Kier molecular flexibility index (Phi) is 7.91. The molecule has 1 N–H and O–H groups in total. The Morgan fingerprint density at radius 3 is 2.03 bits per heavy atom. The van der Waals surface area contributed by atoms with Crippen LogP contribution in [0.5, 0.6) is 0 Å². The smallest absolute Gasteiger partial charge is 0.224 e. The van der Waals surface area contributed by atoms with E-state index in [2.05, 4.69) is 10.2 Å². The number of halogens is 3. The Morgan fingerprint density at radius 1 is 0.838 bits per heavy atom. The molecule has 37 heavy (non-hydrogen) atoms. The van der Waals surface area contributed by atoms with Gasteiger partial charge in [-0.2, -0.15) is 0 Å². The second-order valence-corrected chi connectivity index (χ2v) is 9.89. The number of rotatable bonds is 6. The lowest BCUT2D eigenvalue weighted by Gasteiger charge is -2.42. The summed E-state index contributed by atoms with van der Waals surface area (Å²) in [7, 11) is 0. The number of carbonyl (C=O) groups is 1. The minimum atomic E-state index is -0.591. The average molecular weight is 509 g/mol. The van der Waals surface area contributed by atoms with Crippen LogP contribution in [0.3, 0.4) is 0 Å². The molecular weight excluding hydrogens is 477 g/mol. The number of carbonyl (C=O) groups excluding carboxylic acids is 1. The molecule has 1 saturated heterocycles. The van der Waals surface area contributed by atoms with Crippen LogP contribution in [0.4, 0.5) is 13.2 Å². The third-order valence-corrected chi connectivity index (χ3v) is 7.72. The average Bonchev–Trinajstić information content (AvgIpc) is 2.93. The zero-order chi connectivity index (χ0) is 25.8. The summed E-state index contributed by atoms with van der Waals surface area (Å²) < 4.78 is 47.8. The van der Waals surface area contributed by atoms with Crippen molar-refractivity contribution in [2.45, 2.75) is 37.3 Å². The molecule has 3 aromatic rings. The monoisotopic (exact) mass is 508 g/mol. The molecule has 1 amide bonds. The maximum Gasteiger partial charge on any atom is 0.224 e. The molecule has 0 bridgehead atoms. The number of hydrogen-bond acceptors (Lipinski definition) is 3. The normalized spacial score (nSPS) is 22.6. The van der Waals surface area contributed by atoms with E-state index in [1.165, 1.54) is 30.3 Å². The van der Waals surface area contributed by atoms with Gasteiger partial charge in [-0.3, -0.25) is 9.69 Å². The molecule has 1 aliphatic carbocycles. The predicted molar refractivity (Wildman–Crippen MR) is 135 cm³/mol. The second kappa shape index (κ2) is 11.5. The standard InChI is InChI=1S/C30H31F3N2O2/c31-22-9-5-20(6-10-22)29(21-7-11-23(32)12-8-21)34-30(36)26-14-13-24(35-15-17-37-18-16-35)19-27(26)25-3-1-2-4-28(25)33/h1-12,24,26-27,29H,13-19H2,(H,34,36)/t24?,26-,27+/m1/s1. The molecule has 1 heterocycles. The summed E-state index contributed by atoms with van der Waals surface area (Å²) in [5.74, 6) is -1.97. The Bertz CT molecular complexity index is 1150. The first-order chi connectivity index (χ1) is 18.0. The van der Waals surface area contributed by atoms with Gasteiger partial charge in [0.15, 0.2) is 0 Å². The topological polar surface area (TPSA) is 41.6 Å². The van der Waals surface area contributed by atoms with E-state index in [1.807, 2.05) is 6.07 Å². The minimum absolute atomic E-state index is 0.188. The number of nitrogens with one attached hydrogen (secondary N) is 1. The Hall–Kier alpha value is -3.16. The van der Waals surface area contributed by atoms with Crippen LogP contribution in [0.1, 0.15) is 47.9 Å². The molecule has 4 nitrogen and oxygen atoms in total. The Balaban J connectivity index is 1.43. The Labute approximate surface area is 215 Å². The third kappa shape index (κ3) is 5.89. The van der Waals surface area contributed by atoms with Crippen molar-refractivity contribution in [1.29, 1.82) is 0 Å². The van der Waals surface area contributed by atoms with Crippen LogP contribution in [-0.2, 0) is 9.53 Å². The van der Waals surface area contributed by atoms with Gasteiger partial charge in [-0.05, 0) is 72.2 Å². The van der Waals surface area contributed by atoms with Gasteiger partial charge < -0.3 is 10.1 Å². The fraction of sp³-hybridized carbons (Fsp3) is 0.367. The molecule has 3 atom stereocenters. The molecule has 2 fully saturated rings. The molecule has 0 spiro atoms. The summed E-state index contributed by atoms with van der Waals surface area (Å²) >= 11 is 0. The van der Waals surface area contributed by atoms with Crippen LogP contribution >= 0.6 is 0 Å². The third-order valence-electron chi connectivity index (χ3n) is 7.72. The van der Waals surface area contributed by atoms with Gasteiger partial charge in [0.05, 0.1) is 19.3 Å². The van der Waals surface area contributed by atoms with E-state index in [0.717, 1.165) is 19.5 Å². The van der Waals surface area contributed by atoms with Gasteiger partial charge in [-0.15, -0.1) is 0 Å². The quantitative estimate of drug-likeness (QED) is 0.472. The van der Waals surface area contributed by atoms with Crippen molar-refractivity contribution >= 4 is 5.91 Å². The van der Waals surface area contributed by atoms with Gasteiger partial charge in [0.1, 0.15) is 17.5 Å². The molecule has 5 rings (SSSR count). The summed E-state index contributed by atoms with van der Waals surface area (Å²) in [6.45, 7) is 3.04. The molecule has 2 aliphatic rings. The van der Waals surface area contributed by atoms with Crippen molar-refractivity contribution < 1.29 is 22.7 Å². The lowest BCUT2D eigenvalue weighted by molar-refractivity contribution is -0.127. The van der Waals surface area contributed by atoms with Crippen molar-refractivity contribution in [1.82, 2.24) is 10.2 Å². The van der Waals surface area contributed by atoms with Gasteiger partial charge in [0, 0.05) is 25.0 Å². The fourth-order valence-corrected chi connectivity index (χ4v) is 5.77. The summed E-state index contributed by atoms with van der Waals surface area (Å²) in [4.78, 5) is 16.2. The minimum Gasteiger partial charge on any atom is -0.379 e. The summed E-state index contributed by atoms with van der Waals surface area (Å²) in [6.07, 6.45) is 2.13. The number of amides is 1. The molecule has 3 aromatic carbocycles. The van der Waals surface area contributed by atoms with E-state index >= 15 is 4.39 Å². The zero-order valence-electron chi connectivity index (χ0n) is 20.6. The van der Waals surface area contributed by atoms with E-state index in [1.54, 1.807) is 36.4 Å². The molecule has 1 unspecified atom stereocenters. The summed E-state index contributed by atoms with van der Waals surface area (Å²) in [5, 5.41) is 3.13. The number of hydrogen-bond donors (Lipinski definition) is 1. The highest BCUT2D eigenvalue weighted by atomic mass is 19.1. The van der Waals surface area contributed by atoms with Gasteiger partial charge in [0.2, 0.25) is 5.91 Å². The van der Waals surface area contributed by atoms with Crippen molar-refractivity contribution in [3.63, 3.8) is 0 Å². The van der Waals surface area contributed by atoms with Gasteiger partial charge >= 0.3 is 0 Å². The number of benzene rings is 3. The maximum absolute atomic E-state index is 15.0. The lowest BCUT2D eigenvalue weighted by atomic mass is 9.72. The van der Waals surface area contributed by atoms with Gasteiger partial charge in [-0.1, -0.05) is 42.5 Å². The van der Waals surface area contributed by atoms with Crippen molar-refractivity contribution in [3.05, 3.63) is 107 Å². The highest BCUT2D eigenvalue weighted by Gasteiger charge is 2.40. The van der Waals surface area contributed by atoms with Crippen LogP contribution in [0.25, 0.3) is 0 Å². The number of morpholine rings is 1. The van der Waals surface area contributed by atoms with Crippen molar-refractivity contribution in [2.75, 3.05) is 26.3 Å². The molecule has 194 valence electrons. The predicted octanol–water partition coefficient (Wildman–Crippen LogP) is 5.59. The van der Waals surface area contributed by atoms with Crippen molar-refractivity contribution in [3.8, 4) is 0 Å². The molecule has 0 aromatic heterocycles. The highest BCUT2D eigenvalue weighted by Crippen LogP contribution is 2.41. The first-order valence-corrected chi connectivity index (χ1v) is 12.9. The summed E-state index contributed by atoms with van der Waals surface area (Å²) in [5.41, 5.74) is 1.93. The maximum atomic E-state index is 15.0. The SMILES string of the molecule is O=C(NC(c1ccc(F)cc1)c1ccc(F)cc1)[C@@H]1CCC(N2CCOCC2)C[C@H]1c1ccccc1F. The molecule has 1 aliphatic heterocycles. The molecule has 0 radical (unpaired) electrons. The second-order valence-electron chi connectivity index (χ2n) is 9.89. The van der Waals surface area contributed by atoms with E-state index in [4.69, 9.17) is 4.74 Å². The Morgan fingerprint density at radius 2 is 1.43 bits per heavy atom. The first kappa shape index (κ1) is 25.5. The van der Waals surface area contributed by atoms with Crippen LogP contribution in [0, 0.1) is 23.4 Å². The lowest BCUT2D eigenvalue weighted by Crippen LogP contribution is -2.48. The number of nitrogens with zero attached hydrogens (tertiary/aromatic N) is 1. The van der Waals surface area contributed by atoms with Gasteiger partial charge in [-0.25, -0.2) is 13.2 Å². The highest BCUT2D eigenvalue weighted by molar-refractivity contribution is 5.81.